The van der Waals surface area contributed by atoms with Gasteiger partial charge in [-0.25, -0.2) is 9.78 Å². The van der Waals surface area contributed by atoms with Crippen LogP contribution in [0.15, 0.2) is 29.6 Å². The zero-order valence-electron chi connectivity index (χ0n) is 18.0. The summed E-state index contributed by atoms with van der Waals surface area (Å²) in [5.74, 6) is 1.34. The third-order valence-electron chi connectivity index (χ3n) is 4.99. The smallest absolute Gasteiger partial charge is 0.410 e. The minimum Gasteiger partial charge on any atom is -0.494 e. The third kappa shape index (κ3) is 4.51. The van der Waals surface area contributed by atoms with Crippen LogP contribution >= 0.6 is 11.3 Å². The number of methoxy groups -OCH3 is 1. The second-order valence-electron chi connectivity index (χ2n) is 8.56. The Hall–Kier alpha value is -3.07. The van der Waals surface area contributed by atoms with Crippen molar-refractivity contribution in [1.29, 1.82) is 0 Å². The quantitative estimate of drug-likeness (QED) is 0.625. The summed E-state index contributed by atoms with van der Waals surface area (Å²) in [6, 6.07) is 7.42. The molecule has 2 N–H and O–H groups in total. The molecule has 3 heterocycles. The highest BCUT2D eigenvalue weighted by molar-refractivity contribution is 7.13. The molecule has 31 heavy (non-hydrogen) atoms. The number of thiophene rings is 1. The summed E-state index contributed by atoms with van der Waals surface area (Å²) >= 11 is 1.57. The first-order chi connectivity index (χ1) is 14.7. The van der Waals surface area contributed by atoms with Gasteiger partial charge in [0.25, 0.3) is 5.91 Å². The van der Waals surface area contributed by atoms with Crippen molar-refractivity contribution in [1.82, 2.24) is 20.2 Å². The molecule has 2 aromatic heterocycles. The summed E-state index contributed by atoms with van der Waals surface area (Å²) in [6.45, 7) is 7.15. The molecule has 4 rings (SSSR count). The highest BCUT2D eigenvalue weighted by Gasteiger charge is 2.34. The maximum absolute atomic E-state index is 12.9. The SMILES string of the molecule is COc1ccc(C(=O)NCC2CN(C(=O)OC(C)(C)C)C2)c2nc(-c3cccs3)[nH]c12. The molecule has 0 unspecified atom stereocenters. The number of hydrogen-bond acceptors (Lipinski definition) is 6. The molecule has 0 radical (unpaired) electrons. The van der Waals surface area contributed by atoms with Gasteiger partial charge in [0.15, 0.2) is 0 Å². The number of carbonyl (C=O) groups excluding carboxylic acids is 2. The van der Waals surface area contributed by atoms with E-state index >= 15 is 0 Å². The summed E-state index contributed by atoms with van der Waals surface area (Å²) in [6.07, 6.45) is -0.315. The number of carbonyl (C=O) groups is 2. The zero-order valence-corrected chi connectivity index (χ0v) is 18.8. The highest BCUT2D eigenvalue weighted by Crippen LogP contribution is 2.31. The van der Waals surface area contributed by atoms with E-state index in [4.69, 9.17) is 9.47 Å². The first-order valence-corrected chi connectivity index (χ1v) is 11.0. The molecule has 0 spiro atoms. The van der Waals surface area contributed by atoms with Gasteiger partial charge in [0.1, 0.15) is 28.2 Å². The summed E-state index contributed by atoms with van der Waals surface area (Å²) < 4.78 is 10.8. The Kier molecular flexibility index (Phi) is 5.62. The van der Waals surface area contributed by atoms with Crippen LogP contribution in [0.4, 0.5) is 4.79 Å². The van der Waals surface area contributed by atoms with Crippen LogP contribution in [0, 0.1) is 5.92 Å². The van der Waals surface area contributed by atoms with Gasteiger partial charge < -0.3 is 24.7 Å². The summed E-state index contributed by atoms with van der Waals surface area (Å²) in [5, 5.41) is 4.95. The molecule has 1 aromatic carbocycles. The molecule has 8 nitrogen and oxygen atoms in total. The molecular formula is C22H26N4O4S. The van der Waals surface area contributed by atoms with Crippen molar-refractivity contribution in [3.8, 4) is 16.5 Å². The Morgan fingerprint density at radius 1 is 1.29 bits per heavy atom. The van der Waals surface area contributed by atoms with Crippen LogP contribution in [0.1, 0.15) is 31.1 Å². The number of rotatable bonds is 5. The second-order valence-corrected chi connectivity index (χ2v) is 9.51. The number of ether oxygens (including phenoxy) is 2. The molecule has 3 aromatic rings. The number of H-pyrrole nitrogens is 1. The molecule has 1 saturated heterocycles. The molecule has 2 amide bonds. The lowest BCUT2D eigenvalue weighted by molar-refractivity contribution is -0.000531. The summed E-state index contributed by atoms with van der Waals surface area (Å²) in [5.41, 5.74) is 1.24. The van der Waals surface area contributed by atoms with Gasteiger partial charge in [-0.2, -0.15) is 0 Å². The lowest BCUT2D eigenvalue weighted by atomic mass is 10.0. The molecule has 0 aliphatic carbocycles. The van der Waals surface area contributed by atoms with E-state index in [0.29, 0.717) is 47.8 Å². The lowest BCUT2D eigenvalue weighted by Gasteiger charge is -2.39. The van der Waals surface area contributed by atoms with Gasteiger partial charge in [-0.3, -0.25) is 4.79 Å². The topological polar surface area (TPSA) is 96.6 Å². The minimum absolute atomic E-state index is 0.200. The minimum atomic E-state index is -0.512. The largest absolute Gasteiger partial charge is 0.494 e. The van der Waals surface area contributed by atoms with Gasteiger partial charge in [-0.05, 0) is 44.4 Å². The van der Waals surface area contributed by atoms with E-state index in [-0.39, 0.29) is 17.9 Å². The number of nitrogens with zero attached hydrogens (tertiary/aromatic N) is 2. The maximum atomic E-state index is 12.9. The fourth-order valence-corrected chi connectivity index (χ4v) is 4.13. The number of imidazole rings is 1. The van der Waals surface area contributed by atoms with Gasteiger partial charge in [-0.15, -0.1) is 11.3 Å². The first kappa shape index (κ1) is 21.2. The van der Waals surface area contributed by atoms with E-state index in [1.165, 1.54) is 0 Å². The van der Waals surface area contributed by atoms with Gasteiger partial charge >= 0.3 is 6.09 Å². The van der Waals surface area contributed by atoms with E-state index in [1.807, 2.05) is 38.3 Å². The number of likely N-dealkylation sites (tertiary alicyclic amines) is 1. The Morgan fingerprint density at radius 3 is 2.71 bits per heavy atom. The van der Waals surface area contributed by atoms with E-state index in [1.54, 1.807) is 35.5 Å². The molecule has 0 atom stereocenters. The molecule has 1 aliphatic heterocycles. The average molecular weight is 443 g/mol. The van der Waals surface area contributed by atoms with Crippen LogP contribution in [0.3, 0.4) is 0 Å². The number of nitrogens with one attached hydrogen (secondary N) is 2. The van der Waals surface area contributed by atoms with E-state index in [2.05, 4.69) is 15.3 Å². The molecule has 164 valence electrons. The first-order valence-electron chi connectivity index (χ1n) is 10.1. The molecule has 1 aliphatic rings. The van der Waals surface area contributed by atoms with Crippen molar-refractivity contribution in [2.45, 2.75) is 26.4 Å². The van der Waals surface area contributed by atoms with Crippen molar-refractivity contribution < 1.29 is 19.1 Å². The van der Waals surface area contributed by atoms with Crippen LogP contribution in [0.2, 0.25) is 0 Å². The van der Waals surface area contributed by atoms with E-state index in [9.17, 15) is 9.59 Å². The van der Waals surface area contributed by atoms with Crippen LogP contribution in [0.25, 0.3) is 21.7 Å². The Labute approximate surface area is 184 Å². The van der Waals surface area contributed by atoms with Crippen LogP contribution in [0.5, 0.6) is 5.75 Å². The van der Waals surface area contributed by atoms with Gasteiger partial charge in [0, 0.05) is 25.6 Å². The van der Waals surface area contributed by atoms with Gasteiger partial charge in [-0.1, -0.05) is 6.07 Å². The predicted molar refractivity (Wildman–Crippen MR) is 120 cm³/mol. The van der Waals surface area contributed by atoms with Crippen molar-refractivity contribution in [3.05, 3.63) is 35.2 Å². The van der Waals surface area contributed by atoms with Gasteiger partial charge in [0.2, 0.25) is 0 Å². The van der Waals surface area contributed by atoms with E-state index in [0.717, 1.165) is 4.88 Å². The highest BCUT2D eigenvalue weighted by atomic mass is 32.1. The molecule has 9 heteroatoms. The summed E-state index contributed by atoms with van der Waals surface area (Å²) in [7, 11) is 1.59. The molecule has 0 saturated carbocycles. The fourth-order valence-electron chi connectivity index (χ4n) is 3.46. The molecule has 0 bridgehead atoms. The normalized spacial score (nSPS) is 14.4. The number of hydrogen-bond donors (Lipinski definition) is 2. The van der Waals surface area contributed by atoms with Crippen molar-refractivity contribution in [3.63, 3.8) is 0 Å². The fraction of sp³-hybridized carbons (Fsp3) is 0.409. The van der Waals surface area contributed by atoms with Crippen molar-refractivity contribution >= 4 is 34.4 Å². The van der Waals surface area contributed by atoms with Crippen LogP contribution < -0.4 is 10.1 Å². The predicted octanol–water partition coefficient (Wildman–Crippen LogP) is 3.90. The standard InChI is InChI=1S/C22H26N4O4S/c1-22(2,3)30-21(28)26-11-13(12-26)10-23-20(27)14-7-8-15(29-4)18-17(14)24-19(25-18)16-6-5-9-31-16/h5-9,13H,10-12H2,1-4H3,(H,23,27)(H,24,25). The van der Waals surface area contributed by atoms with Gasteiger partial charge in [0.05, 0.1) is 17.6 Å². The number of amides is 2. The number of benzene rings is 1. The third-order valence-corrected chi connectivity index (χ3v) is 5.86. The van der Waals surface area contributed by atoms with Crippen molar-refractivity contribution in [2.75, 3.05) is 26.7 Å². The number of fused-ring (bicyclic) bond motifs is 1. The monoisotopic (exact) mass is 442 g/mol. The second kappa shape index (κ2) is 8.22. The van der Waals surface area contributed by atoms with Crippen LogP contribution in [-0.4, -0.2) is 59.2 Å². The summed E-state index contributed by atoms with van der Waals surface area (Å²) in [4.78, 5) is 35.5. The van der Waals surface area contributed by atoms with E-state index < -0.39 is 5.60 Å². The lowest BCUT2D eigenvalue weighted by Crippen LogP contribution is -2.54. The molecule has 1 fully saturated rings. The number of aromatic amines is 1. The Balaban J connectivity index is 1.42. The van der Waals surface area contributed by atoms with Crippen LogP contribution in [-0.2, 0) is 4.74 Å². The zero-order chi connectivity index (χ0) is 22.2. The maximum Gasteiger partial charge on any atom is 0.410 e. The Bertz CT molecular complexity index is 1090. The molecular weight excluding hydrogens is 416 g/mol. The van der Waals surface area contributed by atoms with Crippen molar-refractivity contribution in [2.24, 2.45) is 5.92 Å². The number of aromatic nitrogens is 2. The Morgan fingerprint density at radius 2 is 2.06 bits per heavy atom. The average Bonchev–Trinajstić information content (AvgIpc) is 3.33.